The number of rotatable bonds is 4. The van der Waals surface area contributed by atoms with Crippen LogP contribution in [0.5, 0.6) is 0 Å². The summed E-state index contributed by atoms with van der Waals surface area (Å²) in [6, 6.07) is 4.22. The van der Waals surface area contributed by atoms with Gasteiger partial charge in [0, 0.05) is 4.88 Å². The number of thiophene rings is 1. The summed E-state index contributed by atoms with van der Waals surface area (Å²) < 4.78 is 0. The fourth-order valence-electron chi connectivity index (χ4n) is 1.94. The Morgan fingerprint density at radius 1 is 1.53 bits per heavy atom. The van der Waals surface area contributed by atoms with Gasteiger partial charge in [0.15, 0.2) is 5.65 Å². The van der Waals surface area contributed by atoms with Crippen molar-refractivity contribution in [3.05, 3.63) is 38.9 Å². The Hall–Kier alpha value is -2.15. The maximum atomic E-state index is 11.8. The summed E-state index contributed by atoms with van der Waals surface area (Å²) in [5, 5.41) is 12.3. The summed E-state index contributed by atoms with van der Waals surface area (Å²) in [6.45, 7) is 2.09. The molecule has 0 spiro atoms. The first-order chi connectivity index (χ1) is 9.28. The van der Waals surface area contributed by atoms with Crippen LogP contribution in [-0.2, 0) is 0 Å². The number of aromatic amines is 2. The number of hydrogen-bond donors (Lipinski definition) is 3. The van der Waals surface area contributed by atoms with Crippen molar-refractivity contribution in [3.8, 4) is 0 Å². The van der Waals surface area contributed by atoms with Crippen LogP contribution in [0.3, 0.4) is 0 Å². The van der Waals surface area contributed by atoms with E-state index in [1.807, 2.05) is 11.4 Å². The van der Waals surface area contributed by atoms with Crippen molar-refractivity contribution >= 4 is 28.3 Å². The maximum absolute atomic E-state index is 11.8. The molecule has 3 heterocycles. The molecule has 19 heavy (non-hydrogen) atoms. The first-order valence-corrected chi connectivity index (χ1v) is 6.89. The number of nitrogens with one attached hydrogen (secondary N) is 3. The minimum Gasteiger partial charge on any atom is -0.348 e. The SMILES string of the molecule is CC[C@@H](Nc1nc2[nH]ncc2c(=O)[nH]1)c1cccs1. The summed E-state index contributed by atoms with van der Waals surface area (Å²) in [6.07, 6.45) is 2.38. The van der Waals surface area contributed by atoms with Crippen LogP contribution in [0.1, 0.15) is 24.3 Å². The molecule has 7 heteroatoms. The lowest BCUT2D eigenvalue weighted by Gasteiger charge is -2.15. The van der Waals surface area contributed by atoms with E-state index in [0.29, 0.717) is 17.0 Å². The van der Waals surface area contributed by atoms with Gasteiger partial charge in [-0.25, -0.2) is 0 Å². The Kier molecular flexibility index (Phi) is 3.04. The van der Waals surface area contributed by atoms with E-state index < -0.39 is 0 Å². The summed E-state index contributed by atoms with van der Waals surface area (Å²) in [7, 11) is 0. The Balaban J connectivity index is 1.94. The Labute approximate surface area is 112 Å². The minimum absolute atomic E-state index is 0.142. The number of fused-ring (bicyclic) bond motifs is 1. The van der Waals surface area contributed by atoms with E-state index in [4.69, 9.17) is 0 Å². The summed E-state index contributed by atoms with van der Waals surface area (Å²) in [5.74, 6) is 0.460. The van der Waals surface area contributed by atoms with E-state index in [2.05, 4.69) is 38.5 Å². The highest BCUT2D eigenvalue weighted by molar-refractivity contribution is 7.10. The summed E-state index contributed by atoms with van der Waals surface area (Å²) in [5.41, 5.74) is 0.301. The first kappa shape index (κ1) is 11.9. The average Bonchev–Trinajstić information content (AvgIpc) is 3.06. The van der Waals surface area contributed by atoms with Crippen LogP contribution in [0.15, 0.2) is 28.5 Å². The standard InChI is InChI=1S/C12H13N5OS/c1-2-8(9-4-3-5-19-9)14-12-15-10-7(6-13-17-10)11(18)16-12/h3-6,8H,2H2,1H3,(H3,13,14,15,16,17,18)/t8-/m1/s1. The van der Waals surface area contributed by atoms with Crippen molar-refractivity contribution in [2.45, 2.75) is 19.4 Å². The van der Waals surface area contributed by atoms with Crippen LogP contribution in [-0.4, -0.2) is 20.2 Å². The molecule has 0 unspecified atom stereocenters. The van der Waals surface area contributed by atoms with E-state index in [0.717, 1.165) is 6.42 Å². The smallest absolute Gasteiger partial charge is 0.263 e. The molecule has 0 fully saturated rings. The van der Waals surface area contributed by atoms with Gasteiger partial charge in [0.2, 0.25) is 5.95 Å². The third-order valence-corrected chi connectivity index (χ3v) is 3.91. The van der Waals surface area contributed by atoms with Crippen molar-refractivity contribution in [2.24, 2.45) is 0 Å². The van der Waals surface area contributed by atoms with Gasteiger partial charge in [-0.3, -0.25) is 14.9 Å². The number of aromatic nitrogens is 4. The molecule has 0 bridgehead atoms. The number of hydrogen-bond acceptors (Lipinski definition) is 5. The monoisotopic (exact) mass is 275 g/mol. The van der Waals surface area contributed by atoms with E-state index in [1.165, 1.54) is 11.1 Å². The largest absolute Gasteiger partial charge is 0.348 e. The van der Waals surface area contributed by atoms with E-state index in [9.17, 15) is 4.79 Å². The van der Waals surface area contributed by atoms with Crippen molar-refractivity contribution in [1.82, 2.24) is 20.2 Å². The summed E-state index contributed by atoms with van der Waals surface area (Å²) in [4.78, 5) is 20.1. The minimum atomic E-state index is -0.192. The Morgan fingerprint density at radius 3 is 3.16 bits per heavy atom. The molecular formula is C12H13N5OS. The Morgan fingerprint density at radius 2 is 2.42 bits per heavy atom. The van der Waals surface area contributed by atoms with Gasteiger partial charge in [-0.05, 0) is 17.9 Å². The van der Waals surface area contributed by atoms with Gasteiger partial charge in [-0.15, -0.1) is 11.3 Å². The molecule has 0 aliphatic carbocycles. The van der Waals surface area contributed by atoms with Gasteiger partial charge < -0.3 is 5.32 Å². The van der Waals surface area contributed by atoms with E-state index >= 15 is 0 Å². The molecule has 3 aromatic rings. The second kappa shape index (κ2) is 4.85. The van der Waals surface area contributed by atoms with Crippen LogP contribution in [0, 0.1) is 0 Å². The van der Waals surface area contributed by atoms with E-state index in [1.54, 1.807) is 11.3 Å². The van der Waals surface area contributed by atoms with Gasteiger partial charge in [0.25, 0.3) is 5.56 Å². The highest BCUT2D eigenvalue weighted by atomic mass is 32.1. The molecule has 6 nitrogen and oxygen atoms in total. The lowest BCUT2D eigenvalue weighted by atomic mass is 10.2. The lowest BCUT2D eigenvalue weighted by molar-refractivity contribution is 0.752. The van der Waals surface area contributed by atoms with Gasteiger partial charge in [0.1, 0.15) is 5.39 Å². The fourth-order valence-corrected chi connectivity index (χ4v) is 2.80. The van der Waals surface area contributed by atoms with Gasteiger partial charge >= 0.3 is 0 Å². The predicted molar refractivity (Wildman–Crippen MR) is 75.5 cm³/mol. The highest BCUT2D eigenvalue weighted by Crippen LogP contribution is 2.24. The van der Waals surface area contributed by atoms with Crippen molar-refractivity contribution < 1.29 is 0 Å². The molecule has 0 amide bonds. The fraction of sp³-hybridized carbons (Fsp3) is 0.250. The highest BCUT2D eigenvalue weighted by Gasteiger charge is 2.12. The lowest BCUT2D eigenvalue weighted by Crippen LogP contribution is -2.16. The van der Waals surface area contributed by atoms with Crippen LogP contribution in [0.2, 0.25) is 0 Å². The van der Waals surface area contributed by atoms with Crippen LogP contribution in [0.25, 0.3) is 11.0 Å². The van der Waals surface area contributed by atoms with E-state index in [-0.39, 0.29) is 11.6 Å². The maximum Gasteiger partial charge on any atom is 0.263 e. The molecule has 0 aliphatic rings. The molecule has 3 aromatic heterocycles. The molecule has 0 aliphatic heterocycles. The number of H-pyrrole nitrogens is 2. The molecule has 0 saturated heterocycles. The van der Waals surface area contributed by atoms with Gasteiger partial charge in [-0.1, -0.05) is 13.0 Å². The summed E-state index contributed by atoms with van der Waals surface area (Å²) >= 11 is 1.68. The zero-order chi connectivity index (χ0) is 13.2. The number of anilines is 1. The Bertz CT molecular complexity index is 730. The zero-order valence-electron chi connectivity index (χ0n) is 10.3. The quantitative estimate of drug-likeness (QED) is 0.681. The van der Waals surface area contributed by atoms with Crippen molar-refractivity contribution in [1.29, 1.82) is 0 Å². The molecule has 0 radical (unpaired) electrons. The number of nitrogens with zero attached hydrogens (tertiary/aromatic N) is 2. The van der Waals surface area contributed by atoms with Crippen LogP contribution >= 0.6 is 11.3 Å². The third kappa shape index (κ3) is 2.24. The van der Waals surface area contributed by atoms with Crippen LogP contribution in [0.4, 0.5) is 5.95 Å². The molecular weight excluding hydrogens is 262 g/mol. The topological polar surface area (TPSA) is 86.5 Å². The second-order valence-electron chi connectivity index (χ2n) is 4.17. The molecule has 98 valence electrons. The third-order valence-electron chi connectivity index (χ3n) is 2.93. The average molecular weight is 275 g/mol. The van der Waals surface area contributed by atoms with Crippen molar-refractivity contribution in [3.63, 3.8) is 0 Å². The predicted octanol–water partition coefficient (Wildman–Crippen LogP) is 2.27. The zero-order valence-corrected chi connectivity index (χ0v) is 11.1. The van der Waals surface area contributed by atoms with Crippen molar-refractivity contribution in [2.75, 3.05) is 5.32 Å². The molecule has 3 N–H and O–H groups in total. The molecule has 3 rings (SSSR count). The molecule has 0 aromatic carbocycles. The van der Waals surface area contributed by atoms with Crippen LogP contribution < -0.4 is 10.9 Å². The van der Waals surface area contributed by atoms with Gasteiger partial charge in [0.05, 0.1) is 12.2 Å². The molecule has 1 atom stereocenters. The first-order valence-electron chi connectivity index (χ1n) is 6.01. The molecule has 0 saturated carbocycles. The van der Waals surface area contributed by atoms with Gasteiger partial charge in [-0.2, -0.15) is 10.1 Å². The normalized spacial score (nSPS) is 12.7. The second-order valence-corrected chi connectivity index (χ2v) is 5.15.